The number of rotatable bonds is 4. The predicted octanol–water partition coefficient (Wildman–Crippen LogP) is -0.173. The summed E-state index contributed by atoms with van der Waals surface area (Å²) >= 11 is 0. The largest absolute Gasteiger partial charge is 0.390 e. The molecule has 4 atom stereocenters. The summed E-state index contributed by atoms with van der Waals surface area (Å²) in [5.74, 6) is 0. The van der Waals surface area contributed by atoms with Crippen LogP contribution in [0.5, 0.6) is 0 Å². The third kappa shape index (κ3) is 3.17. The monoisotopic (exact) mass is 291 g/mol. The Morgan fingerprint density at radius 3 is 2.37 bits per heavy atom. The maximum atomic E-state index is 11.6. The van der Waals surface area contributed by atoms with E-state index >= 15 is 0 Å². The molecule has 0 amide bonds. The average Bonchev–Trinajstić information content (AvgIpc) is 2.65. The standard InChI is InChI=1S/C12H21NO5S/c14-10-6-12(7-11(10)15,19(16,17)18)8-13-9-4-2-1-3-5-9/h2,4,9-11,13-15H,1,3,5-8H2,(H,16,17,18)/t9-,10-,11+,12?/m0/s1. The van der Waals surface area contributed by atoms with E-state index in [-0.39, 0.29) is 25.4 Å². The molecule has 6 nitrogen and oxygen atoms in total. The van der Waals surface area contributed by atoms with Crippen molar-refractivity contribution in [3.05, 3.63) is 12.2 Å². The topological polar surface area (TPSA) is 107 Å². The van der Waals surface area contributed by atoms with E-state index in [4.69, 9.17) is 0 Å². The highest BCUT2D eigenvalue weighted by Crippen LogP contribution is 2.36. The van der Waals surface area contributed by atoms with Gasteiger partial charge in [0.05, 0.1) is 12.2 Å². The summed E-state index contributed by atoms with van der Waals surface area (Å²) in [7, 11) is -4.34. The minimum Gasteiger partial charge on any atom is -0.390 e. The van der Waals surface area contributed by atoms with Gasteiger partial charge in [0.1, 0.15) is 4.75 Å². The molecular weight excluding hydrogens is 270 g/mol. The summed E-state index contributed by atoms with van der Waals surface area (Å²) < 4.78 is 31.1. The van der Waals surface area contributed by atoms with Gasteiger partial charge >= 0.3 is 0 Å². The Kier molecular flexibility index (Phi) is 4.32. The summed E-state index contributed by atoms with van der Waals surface area (Å²) in [6, 6.07) is 0.0854. The summed E-state index contributed by atoms with van der Waals surface area (Å²) in [6.45, 7) is 0.0367. The minimum absolute atomic E-state index is 0.0367. The molecule has 0 bridgehead atoms. The van der Waals surface area contributed by atoms with Gasteiger partial charge in [0.2, 0.25) is 0 Å². The fourth-order valence-electron chi connectivity index (χ4n) is 2.86. The van der Waals surface area contributed by atoms with E-state index in [2.05, 4.69) is 5.32 Å². The Morgan fingerprint density at radius 2 is 1.89 bits per heavy atom. The van der Waals surface area contributed by atoms with Gasteiger partial charge in [0, 0.05) is 12.6 Å². The zero-order chi connectivity index (χ0) is 14.1. The molecule has 19 heavy (non-hydrogen) atoms. The van der Waals surface area contributed by atoms with E-state index in [0.717, 1.165) is 19.3 Å². The van der Waals surface area contributed by atoms with Gasteiger partial charge in [-0.15, -0.1) is 0 Å². The molecule has 0 aromatic carbocycles. The van der Waals surface area contributed by atoms with Crippen LogP contribution in [0.2, 0.25) is 0 Å². The molecule has 2 rings (SSSR count). The Hall–Kier alpha value is -0.470. The Morgan fingerprint density at radius 1 is 1.26 bits per heavy atom. The highest BCUT2D eigenvalue weighted by molar-refractivity contribution is 7.87. The van der Waals surface area contributed by atoms with Crippen molar-refractivity contribution in [1.29, 1.82) is 0 Å². The van der Waals surface area contributed by atoms with Crippen molar-refractivity contribution < 1.29 is 23.2 Å². The van der Waals surface area contributed by atoms with Crippen molar-refractivity contribution in [3.63, 3.8) is 0 Å². The van der Waals surface area contributed by atoms with Crippen LogP contribution in [0.3, 0.4) is 0 Å². The maximum absolute atomic E-state index is 11.6. The van der Waals surface area contributed by atoms with Gasteiger partial charge in [-0.1, -0.05) is 12.2 Å². The first-order valence-corrected chi connectivity index (χ1v) is 8.01. The van der Waals surface area contributed by atoms with Crippen LogP contribution in [-0.2, 0) is 10.1 Å². The summed E-state index contributed by atoms with van der Waals surface area (Å²) in [4.78, 5) is 0. The lowest BCUT2D eigenvalue weighted by molar-refractivity contribution is 0.0438. The van der Waals surface area contributed by atoms with E-state index in [9.17, 15) is 23.2 Å². The van der Waals surface area contributed by atoms with Gasteiger partial charge in [-0.2, -0.15) is 8.42 Å². The quantitative estimate of drug-likeness (QED) is 0.423. The third-order valence-corrected chi connectivity index (χ3v) is 5.67. The first kappa shape index (κ1) is 14.9. The zero-order valence-corrected chi connectivity index (χ0v) is 11.5. The van der Waals surface area contributed by atoms with Crippen LogP contribution in [-0.4, -0.2) is 52.7 Å². The van der Waals surface area contributed by atoms with Crippen LogP contribution in [0.25, 0.3) is 0 Å². The van der Waals surface area contributed by atoms with E-state index in [1.54, 1.807) is 0 Å². The maximum Gasteiger partial charge on any atom is 0.272 e. The van der Waals surface area contributed by atoms with Gasteiger partial charge in [0.25, 0.3) is 10.1 Å². The average molecular weight is 291 g/mol. The lowest BCUT2D eigenvalue weighted by atomic mass is 10.0. The first-order chi connectivity index (χ1) is 8.84. The van der Waals surface area contributed by atoms with E-state index in [1.807, 2.05) is 12.2 Å². The molecule has 110 valence electrons. The predicted molar refractivity (Wildman–Crippen MR) is 70.3 cm³/mol. The summed E-state index contributed by atoms with van der Waals surface area (Å²) in [5, 5.41) is 22.2. The number of aliphatic hydroxyl groups excluding tert-OH is 2. The molecule has 2 aliphatic carbocycles. The van der Waals surface area contributed by atoms with Crippen LogP contribution < -0.4 is 5.32 Å². The molecule has 0 heterocycles. The zero-order valence-electron chi connectivity index (χ0n) is 10.7. The molecule has 0 saturated heterocycles. The van der Waals surface area contributed by atoms with Crippen molar-refractivity contribution in [1.82, 2.24) is 5.32 Å². The molecule has 1 unspecified atom stereocenters. The highest BCUT2D eigenvalue weighted by atomic mass is 32.2. The van der Waals surface area contributed by atoms with Gasteiger partial charge in [0.15, 0.2) is 0 Å². The molecular formula is C12H21NO5S. The Bertz CT molecular complexity index is 437. The lowest BCUT2D eigenvalue weighted by Gasteiger charge is -2.28. The fraction of sp³-hybridized carbons (Fsp3) is 0.833. The van der Waals surface area contributed by atoms with Crippen molar-refractivity contribution in [2.45, 2.75) is 55.1 Å². The molecule has 0 aromatic rings. The number of hydrogen-bond donors (Lipinski definition) is 4. The molecule has 2 aliphatic rings. The van der Waals surface area contributed by atoms with Crippen molar-refractivity contribution in [2.75, 3.05) is 6.54 Å². The van der Waals surface area contributed by atoms with Gasteiger partial charge in [-0.05, 0) is 32.1 Å². The first-order valence-electron chi connectivity index (χ1n) is 6.57. The van der Waals surface area contributed by atoms with Crippen LogP contribution in [0, 0.1) is 0 Å². The smallest absolute Gasteiger partial charge is 0.272 e. The van der Waals surface area contributed by atoms with E-state index in [0.29, 0.717) is 0 Å². The second-order valence-corrected chi connectivity index (χ2v) is 7.36. The molecule has 1 saturated carbocycles. The summed E-state index contributed by atoms with van der Waals surface area (Å²) in [5.41, 5.74) is 0. The number of nitrogens with one attached hydrogen (secondary N) is 1. The highest BCUT2D eigenvalue weighted by Gasteiger charge is 2.52. The third-order valence-electron chi connectivity index (χ3n) is 4.09. The number of aliphatic hydroxyl groups is 2. The second-order valence-electron chi connectivity index (χ2n) is 5.55. The SMILES string of the molecule is O=S(=O)(O)C1(CN[C@H]2C=CCCC2)C[C@@H](O)[C@@H](O)C1. The van der Waals surface area contributed by atoms with Crippen LogP contribution in [0.1, 0.15) is 32.1 Å². The second kappa shape index (κ2) is 5.49. The van der Waals surface area contributed by atoms with Gasteiger partial charge in [-0.3, -0.25) is 4.55 Å². The lowest BCUT2D eigenvalue weighted by Crippen LogP contribution is -2.48. The molecule has 0 aliphatic heterocycles. The summed E-state index contributed by atoms with van der Waals surface area (Å²) in [6.07, 6.45) is 4.52. The van der Waals surface area contributed by atoms with Crippen LogP contribution in [0.15, 0.2) is 12.2 Å². The Balaban J connectivity index is 2.08. The normalized spacial score (nSPS) is 39.6. The Labute approximate surface area is 113 Å². The van der Waals surface area contributed by atoms with Crippen LogP contribution >= 0.6 is 0 Å². The minimum atomic E-state index is -4.34. The van der Waals surface area contributed by atoms with E-state index < -0.39 is 27.1 Å². The van der Waals surface area contributed by atoms with Crippen molar-refractivity contribution >= 4 is 10.1 Å². The molecule has 1 fully saturated rings. The molecule has 0 aromatic heterocycles. The van der Waals surface area contributed by atoms with Crippen molar-refractivity contribution in [3.8, 4) is 0 Å². The van der Waals surface area contributed by atoms with E-state index in [1.165, 1.54) is 0 Å². The van der Waals surface area contributed by atoms with Crippen LogP contribution in [0.4, 0.5) is 0 Å². The van der Waals surface area contributed by atoms with Gasteiger partial charge in [-0.25, -0.2) is 0 Å². The fourth-order valence-corrected chi connectivity index (χ4v) is 3.89. The number of allylic oxidation sites excluding steroid dienone is 1. The van der Waals surface area contributed by atoms with Gasteiger partial charge < -0.3 is 15.5 Å². The molecule has 4 N–H and O–H groups in total. The molecule has 0 radical (unpaired) electrons. The number of hydrogen-bond acceptors (Lipinski definition) is 5. The molecule has 7 heteroatoms. The van der Waals surface area contributed by atoms with Crippen molar-refractivity contribution in [2.24, 2.45) is 0 Å². The molecule has 0 spiro atoms.